The molecule has 1 N–H and O–H groups in total. The molecule has 0 aromatic rings. The maximum atomic E-state index is 11.8. The number of carbonyl (C=O) groups excluding carboxylic acids is 4. The molecule has 0 spiro atoms. The van der Waals surface area contributed by atoms with Crippen LogP contribution in [0.5, 0.6) is 0 Å². The van der Waals surface area contributed by atoms with Gasteiger partial charge in [-0.25, -0.2) is 4.79 Å². The second-order valence-corrected chi connectivity index (χ2v) is 4.06. The van der Waals surface area contributed by atoms with Crippen LogP contribution in [0.2, 0.25) is 0 Å². The quantitative estimate of drug-likeness (QED) is 0.609. The molecule has 0 aliphatic carbocycles. The SMILES string of the molecule is O=C1CCN(C(=O)CN2C(=O)CNC2=O)CC1. The lowest BCUT2D eigenvalue weighted by molar-refractivity contribution is -0.138. The van der Waals surface area contributed by atoms with Crippen LogP contribution in [0.4, 0.5) is 4.79 Å². The number of piperidine rings is 1. The minimum absolute atomic E-state index is 0.0510. The van der Waals surface area contributed by atoms with E-state index in [2.05, 4.69) is 5.32 Å². The van der Waals surface area contributed by atoms with Crippen LogP contribution in [-0.2, 0) is 14.4 Å². The summed E-state index contributed by atoms with van der Waals surface area (Å²) in [5, 5.41) is 2.35. The number of urea groups is 1. The van der Waals surface area contributed by atoms with Gasteiger partial charge in [-0.05, 0) is 0 Å². The molecule has 17 heavy (non-hydrogen) atoms. The van der Waals surface area contributed by atoms with Crippen molar-refractivity contribution in [2.24, 2.45) is 0 Å². The highest BCUT2D eigenvalue weighted by Gasteiger charge is 2.32. The average Bonchev–Trinajstić information content (AvgIpc) is 2.61. The van der Waals surface area contributed by atoms with Gasteiger partial charge >= 0.3 is 6.03 Å². The molecule has 0 aromatic heterocycles. The first-order chi connectivity index (χ1) is 8.08. The fourth-order valence-electron chi connectivity index (χ4n) is 1.86. The van der Waals surface area contributed by atoms with Gasteiger partial charge < -0.3 is 10.2 Å². The van der Waals surface area contributed by atoms with Crippen LogP contribution < -0.4 is 5.32 Å². The summed E-state index contributed by atoms with van der Waals surface area (Å²) in [6, 6.07) is -0.531. The predicted octanol–water partition coefficient (Wildman–Crippen LogP) is -1.27. The van der Waals surface area contributed by atoms with Crippen molar-refractivity contribution in [2.75, 3.05) is 26.2 Å². The first-order valence-electron chi connectivity index (χ1n) is 5.45. The minimum atomic E-state index is -0.531. The average molecular weight is 239 g/mol. The van der Waals surface area contributed by atoms with Crippen molar-refractivity contribution < 1.29 is 19.2 Å². The van der Waals surface area contributed by atoms with E-state index in [0.29, 0.717) is 25.9 Å². The Kier molecular flexibility index (Phi) is 3.08. The number of hydrogen-bond donors (Lipinski definition) is 1. The van der Waals surface area contributed by atoms with Gasteiger partial charge in [0.05, 0.1) is 6.54 Å². The van der Waals surface area contributed by atoms with Gasteiger partial charge in [0, 0.05) is 25.9 Å². The van der Waals surface area contributed by atoms with E-state index >= 15 is 0 Å². The van der Waals surface area contributed by atoms with Crippen molar-refractivity contribution in [2.45, 2.75) is 12.8 Å². The van der Waals surface area contributed by atoms with Gasteiger partial charge in [-0.2, -0.15) is 0 Å². The molecule has 2 rings (SSSR count). The fourth-order valence-corrected chi connectivity index (χ4v) is 1.86. The van der Waals surface area contributed by atoms with Crippen LogP contribution in [0.25, 0.3) is 0 Å². The molecule has 0 unspecified atom stereocenters. The molecule has 2 aliphatic heterocycles. The van der Waals surface area contributed by atoms with Crippen molar-refractivity contribution in [3.63, 3.8) is 0 Å². The van der Waals surface area contributed by atoms with E-state index < -0.39 is 11.9 Å². The van der Waals surface area contributed by atoms with Gasteiger partial charge in [-0.15, -0.1) is 0 Å². The molecule has 0 aromatic carbocycles. The lowest BCUT2D eigenvalue weighted by Crippen LogP contribution is -2.46. The van der Waals surface area contributed by atoms with E-state index in [4.69, 9.17) is 0 Å². The number of hydrogen-bond acceptors (Lipinski definition) is 4. The molecule has 0 atom stereocenters. The largest absolute Gasteiger partial charge is 0.340 e. The molecule has 4 amide bonds. The Balaban J connectivity index is 1.90. The Morgan fingerprint density at radius 3 is 2.35 bits per heavy atom. The summed E-state index contributed by atoms with van der Waals surface area (Å²) in [5.74, 6) is -0.539. The molecule has 92 valence electrons. The van der Waals surface area contributed by atoms with E-state index in [1.807, 2.05) is 0 Å². The summed E-state index contributed by atoms with van der Waals surface area (Å²) in [7, 11) is 0. The number of Topliss-reactive ketones (excluding diaryl/α,β-unsaturated/α-hetero) is 1. The minimum Gasteiger partial charge on any atom is -0.340 e. The van der Waals surface area contributed by atoms with Crippen molar-refractivity contribution in [3.05, 3.63) is 0 Å². The lowest BCUT2D eigenvalue weighted by atomic mass is 10.1. The Morgan fingerprint density at radius 1 is 1.18 bits per heavy atom. The second-order valence-electron chi connectivity index (χ2n) is 4.06. The third-order valence-corrected chi connectivity index (χ3v) is 2.90. The summed E-state index contributed by atoms with van der Waals surface area (Å²) in [6.07, 6.45) is 0.706. The van der Waals surface area contributed by atoms with E-state index in [1.54, 1.807) is 0 Å². The molecular weight excluding hydrogens is 226 g/mol. The van der Waals surface area contributed by atoms with Gasteiger partial charge in [-0.3, -0.25) is 19.3 Å². The normalized spacial score (nSPS) is 20.8. The van der Waals surface area contributed by atoms with Crippen LogP contribution in [-0.4, -0.2) is 59.6 Å². The molecule has 2 heterocycles. The Bertz CT molecular complexity index is 367. The van der Waals surface area contributed by atoms with Gasteiger partial charge in [0.15, 0.2) is 0 Å². The number of ketones is 1. The van der Waals surface area contributed by atoms with Crippen molar-refractivity contribution >= 4 is 23.6 Å². The summed E-state index contributed by atoms with van der Waals surface area (Å²) >= 11 is 0. The zero-order valence-electron chi connectivity index (χ0n) is 9.27. The summed E-state index contributed by atoms with van der Waals surface area (Å²) in [4.78, 5) is 47.7. The van der Waals surface area contributed by atoms with Crippen LogP contribution in [0.1, 0.15) is 12.8 Å². The number of nitrogens with one attached hydrogen (secondary N) is 1. The first kappa shape index (κ1) is 11.6. The van der Waals surface area contributed by atoms with E-state index in [-0.39, 0.29) is 24.8 Å². The van der Waals surface area contributed by atoms with E-state index in [9.17, 15) is 19.2 Å². The topological polar surface area (TPSA) is 86.8 Å². The molecule has 2 saturated heterocycles. The molecular formula is C10H13N3O4. The lowest BCUT2D eigenvalue weighted by Gasteiger charge is -2.27. The highest BCUT2D eigenvalue weighted by Crippen LogP contribution is 2.07. The Morgan fingerprint density at radius 2 is 1.82 bits per heavy atom. The predicted molar refractivity (Wildman–Crippen MR) is 55.9 cm³/mol. The number of rotatable bonds is 2. The van der Waals surface area contributed by atoms with E-state index in [1.165, 1.54) is 4.90 Å². The highest BCUT2D eigenvalue weighted by molar-refractivity contribution is 6.04. The molecule has 0 radical (unpaired) electrons. The Hall–Kier alpha value is -1.92. The van der Waals surface area contributed by atoms with Gasteiger partial charge in [0.1, 0.15) is 12.3 Å². The number of carbonyl (C=O) groups is 4. The zero-order valence-corrected chi connectivity index (χ0v) is 9.27. The van der Waals surface area contributed by atoms with Crippen LogP contribution >= 0.6 is 0 Å². The fraction of sp³-hybridized carbons (Fsp3) is 0.600. The maximum Gasteiger partial charge on any atom is 0.325 e. The zero-order chi connectivity index (χ0) is 12.4. The van der Waals surface area contributed by atoms with Crippen LogP contribution in [0, 0.1) is 0 Å². The molecule has 2 fully saturated rings. The van der Waals surface area contributed by atoms with Gasteiger partial charge in [0.2, 0.25) is 5.91 Å². The monoisotopic (exact) mass is 239 g/mol. The highest BCUT2D eigenvalue weighted by atomic mass is 16.2. The molecule has 7 nitrogen and oxygen atoms in total. The van der Waals surface area contributed by atoms with Crippen molar-refractivity contribution in [3.8, 4) is 0 Å². The standard InChI is InChI=1S/C10H13N3O4/c14-7-1-3-12(4-2-7)9(16)6-13-8(15)5-11-10(13)17/h1-6H2,(H,11,17). The van der Waals surface area contributed by atoms with E-state index in [0.717, 1.165) is 4.90 Å². The third kappa shape index (κ3) is 2.43. The number of amides is 4. The molecule has 2 aliphatic rings. The smallest absolute Gasteiger partial charge is 0.325 e. The number of imide groups is 1. The Labute approximate surface area is 97.7 Å². The maximum absolute atomic E-state index is 11.8. The number of nitrogens with zero attached hydrogens (tertiary/aromatic N) is 2. The van der Waals surface area contributed by atoms with Gasteiger partial charge in [-0.1, -0.05) is 0 Å². The summed E-state index contributed by atoms with van der Waals surface area (Å²) < 4.78 is 0. The number of likely N-dealkylation sites (tertiary alicyclic amines) is 1. The second kappa shape index (κ2) is 4.52. The van der Waals surface area contributed by atoms with Crippen molar-refractivity contribution in [1.29, 1.82) is 0 Å². The summed E-state index contributed by atoms with van der Waals surface area (Å²) in [6.45, 7) is 0.464. The molecule has 0 bridgehead atoms. The van der Waals surface area contributed by atoms with Crippen molar-refractivity contribution in [1.82, 2.24) is 15.1 Å². The molecule has 0 saturated carbocycles. The summed E-state index contributed by atoms with van der Waals surface area (Å²) in [5.41, 5.74) is 0. The third-order valence-electron chi connectivity index (χ3n) is 2.90. The van der Waals surface area contributed by atoms with Crippen LogP contribution in [0.3, 0.4) is 0 Å². The first-order valence-corrected chi connectivity index (χ1v) is 5.45. The molecule has 7 heteroatoms. The van der Waals surface area contributed by atoms with Gasteiger partial charge in [0.25, 0.3) is 5.91 Å². The van der Waals surface area contributed by atoms with Crippen LogP contribution in [0.15, 0.2) is 0 Å².